The van der Waals surface area contributed by atoms with Gasteiger partial charge in [-0.15, -0.1) is 0 Å². The van der Waals surface area contributed by atoms with Crippen LogP contribution in [-0.4, -0.2) is 43.3 Å². The molecule has 0 saturated heterocycles. The van der Waals surface area contributed by atoms with Crippen LogP contribution in [-0.2, 0) is 4.74 Å². The lowest BCUT2D eigenvalue weighted by Crippen LogP contribution is -2.22. The van der Waals surface area contributed by atoms with Crippen molar-refractivity contribution in [3.05, 3.63) is 33.9 Å². The average molecular weight is 254 g/mol. The Labute approximate surface area is 104 Å². The highest BCUT2D eigenvalue weighted by molar-refractivity contribution is 5.93. The van der Waals surface area contributed by atoms with Gasteiger partial charge in [0.15, 0.2) is 0 Å². The van der Waals surface area contributed by atoms with Gasteiger partial charge in [-0.25, -0.2) is 4.79 Å². The Bertz CT molecular complexity index is 461. The van der Waals surface area contributed by atoms with Crippen LogP contribution in [0, 0.1) is 10.1 Å². The van der Waals surface area contributed by atoms with Crippen molar-refractivity contribution in [2.45, 2.75) is 0 Å². The Hall–Kier alpha value is -2.15. The van der Waals surface area contributed by atoms with Crippen LogP contribution >= 0.6 is 0 Å². The molecule has 0 fully saturated rings. The molecule has 0 atom stereocenters. The second-order valence-corrected chi connectivity index (χ2v) is 3.68. The topological polar surface area (TPSA) is 92.9 Å². The molecule has 0 bridgehead atoms. The molecule has 0 unspecified atom stereocenters. The number of hydrogen-bond acceptors (Lipinski definition) is 5. The van der Waals surface area contributed by atoms with Crippen molar-refractivity contribution in [2.75, 3.05) is 32.2 Å². The fraction of sp³-hybridized carbons (Fsp3) is 0.364. The van der Waals surface area contributed by atoms with E-state index in [1.807, 2.05) is 0 Å². The third-order valence-corrected chi connectivity index (χ3v) is 2.48. The van der Waals surface area contributed by atoms with E-state index in [2.05, 4.69) is 0 Å². The predicted octanol–water partition coefficient (Wildman–Crippen LogP) is 1.38. The third-order valence-electron chi connectivity index (χ3n) is 2.48. The third kappa shape index (κ3) is 3.17. The molecule has 0 aromatic heterocycles. The molecule has 7 heteroatoms. The second-order valence-electron chi connectivity index (χ2n) is 3.68. The normalized spacial score (nSPS) is 10.1. The highest BCUT2D eigenvalue weighted by Crippen LogP contribution is 2.24. The molecule has 0 aliphatic heterocycles. The Morgan fingerprint density at radius 1 is 1.56 bits per heavy atom. The molecule has 0 aliphatic rings. The maximum absolute atomic E-state index is 11.0. The first kappa shape index (κ1) is 13.9. The van der Waals surface area contributed by atoms with Gasteiger partial charge in [-0.1, -0.05) is 0 Å². The molecule has 0 spiro atoms. The van der Waals surface area contributed by atoms with Crippen LogP contribution in [0.1, 0.15) is 10.4 Å². The van der Waals surface area contributed by atoms with E-state index in [1.165, 1.54) is 18.2 Å². The number of carboxylic acid groups (broad SMARTS) is 1. The van der Waals surface area contributed by atoms with Crippen molar-refractivity contribution < 1.29 is 19.6 Å². The molecule has 0 saturated carbocycles. The van der Waals surface area contributed by atoms with Crippen molar-refractivity contribution >= 4 is 17.3 Å². The van der Waals surface area contributed by atoms with Gasteiger partial charge in [-0.2, -0.15) is 0 Å². The smallest absolute Gasteiger partial charge is 0.342 e. The SMILES string of the molecule is COCCN(C)c1ccc([N+](=O)[O-])c(C(=O)O)c1. The summed E-state index contributed by atoms with van der Waals surface area (Å²) in [5.41, 5.74) is -0.136. The minimum atomic E-state index is -1.32. The monoisotopic (exact) mass is 254 g/mol. The quantitative estimate of drug-likeness (QED) is 0.608. The molecule has 7 nitrogen and oxygen atoms in total. The van der Waals surface area contributed by atoms with Gasteiger partial charge in [0, 0.05) is 32.5 Å². The maximum Gasteiger partial charge on any atom is 0.342 e. The van der Waals surface area contributed by atoms with Crippen molar-refractivity contribution in [1.82, 2.24) is 0 Å². The number of nitrogens with zero attached hydrogens (tertiary/aromatic N) is 2. The molecule has 1 aromatic carbocycles. The largest absolute Gasteiger partial charge is 0.477 e. The van der Waals surface area contributed by atoms with E-state index >= 15 is 0 Å². The van der Waals surface area contributed by atoms with Crippen molar-refractivity contribution in [1.29, 1.82) is 0 Å². The van der Waals surface area contributed by atoms with Crippen molar-refractivity contribution in [2.24, 2.45) is 0 Å². The van der Waals surface area contributed by atoms with Crippen LogP contribution < -0.4 is 4.90 Å². The van der Waals surface area contributed by atoms with E-state index in [0.717, 1.165) is 0 Å². The lowest BCUT2D eigenvalue weighted by molar-refractivity contribution is -0.385. The zero-order chi connectivity index (χ0) is 13.7. The number of likely N-dealkylation sites (N-methyl/N-ethyl adjacent to an activating group) is 1. The van der Waals surface area contributed by atoms with Gasteiger partial charge in [0.25, 0.3) is 5.69 Å². The molecule has 1 N–H and O–H groups in total. The Morgan fingerprint density at radius 2 is 2.22 bits per heavy atom. The number of benzene rings is 1. The summed E-state index contributed by atoms with van der Waals surface area (Å²) in [4.78, 5) is 22.7. The minimum Gasteiger partial charge on any atom is -0.477 e. The summed E-state index contributed by atoms with van der Waals surface area (Å²) in [6.45, 7) is 1.04. The number of aromatic carboxylic acids is 1. The summed E-state index contributed by atoms with van der Waals surface area (Å²) in [5, 5.41) is 19.6. The minimum absolute atomic E-state index is 0.318. The standard InChI is InChI=1S/C11H14N2O5/c1-12(5-6-18-2)8-3-4-10(13(16)17)9(7-8)11(14)15/h3-4,7H,5-6H2,1-2H3,(H,14,15). The van der Waals surface area contributed by atoms with E-state index in [4.69, 9.17) is 9.84 Å². The summed E-state index contributed by atoms with van der Waals surface area (Å²) < 4.78 is 4.91. The first-order valence-electron chi connectivity index (χ1n) is 5.19. The van der Waals surface area contributed by atoms with E-state index in [1.54, 1.807) is 19.1 Å². The van der Waals surface area contributed by atoms with Crippen molar-refractivity contribution in [3.63, 3.8) is 0 Å². The molecular weight excluding hydrogens is 240 g/mol. The number of rotatable bonds is 6. The lowest BCUT2D eigenvalue weighted by Gasteiger charge is -2.18. The van der Waals surface area contributed by atoms with Crippen LogP contribution in [0.2, 0.25) is 0 Å². The number of methoxy groups -OCH3 is 1. The number of anilines is 1. The summed E-state index contributed by atoms with van der Waals surface area (Å²) in [5.74, 6) is -1.32. The fourth-order valence-corrected chi connectivity index (χ4v) is 1.45. The molecule has 98 valence electrons. The molecule has 0 aliphatic carbocycles. The molecule has 1 aromatic rings. The van der Waals surface area contributed by atoms with Gasteiger partial charge in [-0.3, -0.25) is 10.1 Å². The summed E-state index contributed by atoms with van der Waals surface area (Å²) in [6, 6.07) is 4.00. The number of carboxylic acids is 1. The van der Waals surface area contributed by atoms with Crippen LogP contribution in [0.4, 0.5) is 11.4 Å². The van der Waals surface area contributed by atoms with Gasteiger partial charge in [-0.05, 0) is 12.1 Å². The first-order valence-corrected chi connectivity index (χ1v) is 5.19. The average Bonchev–Trinajstić information content (AvgIpc) is 2.34. The summed E-state index contributed by atoms with van der Waals surface area (Å²) in [7, 11) is 3.32. The van der Waals surface area contributed by atoms with Crippen LogP contribution in [0.25, 0.3) is 0 Å². The van der Waals surface area contributed by atoms with Crippen LogP contribution in [0.15, 0.2) is 18.2 Å². The van der Waals surface area contributed by atoms with Gasteiger partial charge >= 0.3 is 5.97 Å². The highest BCUT2D eigenvalue weighted by atomic mass is 16.6. The number of hydrogen-bond donors (Lipinski definition) is 1. The lowest BCUT2D eigenvalue weighted by atomic mass is 10.1. The summed E-state index contributed by atoms with van der Waals surface area (Å²) in [6.07, 6.45) is 0. The van der Waals surface area contributed by atoms with Gasteiger partial charge < -0.3 is 14.7 Å². The highest BCUT2D eigenvalue weighted by Gasteiger charge is 2.20. The van der Waals surface area contributed by atoms with Crippen LogP contribution in [0.5, 0.6) is 0 Å². The maximum atomic E-state index is 11.0. The molecular formula is C11H14N2O5. The van der Waals surface area contributed by atoms with E-state index < -0.39 is 16.6 Å². The fourth-order valence-electron chi connectivity index (χ4n) is 1.45. The second kappa shape index (κ2) is 5.97. The number of ether oxygens (including phenoxy) is 1. The Morgan fingerprint density at radius 3 is 2.72 bits per heavy atom. The molecule has 1 rings (SSSR count). The number of carbonyl (C=O) groups is 1. The molecule has 0 radical (unpaired) electrons. The first-order chi connectivity index (χ1) is 8.47. The number of nitro benzene ring substituents is 1. The molecule has 18 heavy (non-hydrogen) atoms. The Balaban J connectivity index is 3.07. The summed E-state index contributed by atoms with van der Waals surface area (Å²) >= 11 is 0. The number of nitro groups is 1. The van der Waals surface area contributed by atoms with Gasteiger partial charge in [0.05, 0.1) is 11.5 Å². The van der Waals surface area contributed by atoms with E-state index in [0.29, 0.717) is 18.8 Å². The van der Waals surface area contributed by atoms with Crippen molar-refractivity contribution in [3.8, 4) is 0 Å². The predicted molar refractivity (Wildman–Crippen MR) is 65.2 cm³/mol. The van der Waals surface area contributed by atoms with E-state index in [-0.39, 0.29) is 5.56 Å². The Kier molecular flexibility index (Phi) is 4.61. The zero-order valence-corrected chi connectivity index (χ0v) is 10.1. The van der Waals surface area contributed by atoms with Crippen LogP contribution in [0.3, 0.4) is 0 Å². The zero-order valence-electron chi connectivity index (χ0n) is 10.1. The van der Waals surface area contributed by atoms with Gasteiger partial charge in [0.2, 0.25) is 0 Å². The molecule has 0 amide bonds. The van der Waals surface area contributed by atoms with E-state index in [9.17, 15) is 14.9 Å². The van der Waals surface area contributed by atoms with Gasteiger partial charge in [0.1, 0.15) is 5.56 Å². The molecule has 0 heterocycles.